The summed E-state index contributed by atoms with van der Waals surface area (Å²) in [6.45, 7) is 1.88. The molecule has 0 amide bonds. The first-order valence-electron chi connectivity index (χ1n) is 6.31. The molecular weight excluding hydrogens is 309 g/mol. The summed E-state index contributed by atoms with van der Waals surface area (Å²) in [6, 6.07) is 10.4. The summed E-state index contributed by atoms with van der Waals surface area (Å²) in [6.07, 6.45) is 1.38. The first kappa shape index (κ1) is 14.4. The van der Waals surface area contributed by atoms with E-state index in [0.29, 0.717) is 26.9 Å². The van der Waals surface area contributed by atoms with Gasteiger partial charge in [0.05, 0.1) is 5.69 Å². The first-order valence-corrected chi connectivity index (χ1v) is 7.06. The number of aliphatic hydroxyl groups is 1. The van der Waals surface area contributed by atoms with Crippen molar-refractivity contribution in [3.63, 3.8) is 0 Å². The summed E-state index contributed by atoms with van der Waals surface area (Å²) in [4.78, 5) is 4.28. The average Bonchev–Trinajstić information content (AvgIpc) is 2.44. The van der Waals surface area contributed by atoms with Crippen molar-refractivity contribution in [1.82, 2.24) is 5.01 Å². The van der Waals surface area contributed by atoms with Gasteiger partial charge in [0.2, 0.25) is 5.72 Å². The highest BCUT2D eigenvalue weighted by atomic mass is 35.5. The van der Waals surface area contributed by atoms with Crippen LogP contribution in [0.25, 0.3) is 0 Å². The van der Waals surface area contributed by atoms with Crippen LogP contribution in [-0.2, 0) is 5.72 Å². The first-order chi connectivity index (χ1) is 9.94. The van der Waals surface area contributed by atoms with Gasteiger partial charge in [-0.2, -0.15) is 0 Å². The molecule has 21 heavy (non-hydrogen) atoms. The molecule has 1 heterocycles. The van der Waals surface area contributed by atoms with Crippen LogP contribution < -0.4 is 5.84 Å². The molecule has 0 spiro atoms. The average molecular weight is 322 g/mol. The van der Waals surface area contributed by atoms with Gasteiger partial charge in [-0.1, -0.05) is 41.4 Å². The van der Waals surface area contributed by atoms with E-state index in [2.05, 4.69) is 4.99 Å². The van der Waals surface area contributed by atoms with E-state index < -0.39 is 5.72 Å². The second-order valence-electron chi connectivity index (χ2n) is 4.92. The Hall–Kier alpha value is -1.59. The number of hydrogen-bond acceptors (Lipinski definition) is 4. The molecule has 1 aliphatic heterocycles. The molecule has 108 valence electrons. The summed E-state index contributed by atoms with van der Waals surface area (Å²) in [5, 5.41) is 13.3. The maximum Gasteiger partial charge on any atom is 0.209 e. The van der Waals surface area contributed by atoms with Gasteiger partial charge in [0.1, 0.15) is 6.34 Å². The van der Waals surface area contributed by atoms with Crippen molar-refractivity contribution in [2.24, 2.45) is 10.8 Å². The molecule has 1 atom stereocenters. The van der Waals surface area contributed by atoms with Crippen molar-refractivity contribution in [3.8, 4) is 0 Å². The molecule has 2 aromatic rings. The highest BCUT2D eigenvalue weighted by molar-refractivity contribution is 6.31. The van der Waals surface area contributed by atoms with Crippen molar-refractivity contribution in [2.45, 2.75) is 12.6 Å². The lowest BCUT2D eigenvalue weighted by atomic mass is 9.90. The molecule has 3 N–H and O–H groups in total. The molecule has 2 aromatic carbocycles. The van der Waals surface area contributed by atoms with Crippen LogP contribution in [0.3, 0.4) is 0 Å². The Balaban J connectivity index is 2.34. The van der Waals surface area contributed by atoms with Gasteiger partial charge >= 0.3 is 0 Å². The third kappa shape index (κ3) is 2.12. The number of rotatable bonds is 1. The minimum atomic E-state index is -1.62. The van der Waals surface area contributed by atoms with Crippen LogP contribution in [0.5, 0.6) is 0 Å². The maximum atomic E-state index is 11.3. The Morgan fingerprint density at radius 1 is 1.19 bits per heavy atom. The molecule has 1 unspecified atom stereocenters. The number of halogens is 2. The minimum Gasteiger partial charge on any atom is -0.362 e. The second kappa shape index (κ2) is 5.00. The van der Waals surface area contributed by atoms with Crippen molar-refractivity contribution in [2.75, 3.05) is 0 Å². The fourth-order valence-corrected chi connectivity index (χ4v) is 3.08. The zero-order chi connectivity index (χ0) is 15.2. The van der Waals surface area contributed by atoms with Crippen molar-refractivity contribution < 1.29 is 5.11 Å². The molecule has 0 radical (unpaired) electrons. The van der Waals surface area contributed by atoms with E-state index in [4.69, 9.17) is 29.0 Å². The molecule has 0 fully saturated rings. The summed E-state index contributed by atoms with van der Waals surface area (Å²) >= 11 is 12.4. The van der Waals surface area contributed by atoms with Crippen LogP contribution >= 0.6 is 23.2 Å². The lowest BCUT2D eigenvalue weighted by Gasteiger charge is -2.39. The van der Waals surface area contributed by atoms with Gasteiger partial charge in [-0.15, -0.1) is 0 Å². The van der Waals surface area contributed by atoms with Crippen molar-refractivity contribution >= 4 is 35.2 Å². The molecule has 0 aromatic heterocycles. The normalized spacial score (nSPS) is 20.5. The van der Waals surface area contributed by atoms with Crippen molar-refractivity contribution in [1.29, 1.82) is 0 Å². The fourth-order valence-electron chi connectivity index (χ4n) is 2.54. The monoisotopic (exact) mass is 321 g/mol. The molecule has 4 nitrogen and oxygen atoms in total. The van der Waals surface area contributed by atoms with E-state index in [0.717, 1.165) is 10.6 Å². The summed E-state index contributed by atoms with van der Waals surface area (Å²) in [7, 11) is 0. The maximum absolute atomic E-state index is 11.3. The number of benzene rings is 2. The summed E-state index contributed by atoms with van der Waals surface area (Å²) < 4.78 is 0. The van der Waals surface area contributed by atoms with Gasteiger partial charge < -0.3 is 5.11 Å². The predicted molar refractivity (Wildman–Crippen MR) is 84.8 cm³/mol. The third-order valence-corrected chi connectivity index (χ3v) is 4.12. The SMILES string of the molecule is Cc1cc(Cl)cc2c1N=CN(N)C2(O)c1ccccc1Cl. The highest BCUT2D eigenvalue weighted by Crippen LogP contribution is 2.44. The van der Waals surface area contributed by atoms with Gasteiger partial charge in [-0.3, -0.25) is 5.01 Å². The zero-order valence-corrected chi connectivity index (χ0v) is 12.7. The second-order valence-corrected chi connectivity index (χ2v) is 5.77. The molecule has 0 saturated heterocycles. The largest absolute Gasteiger partial charge is 0.362 e. The van der Waals surface area contributed by atoms with E-state index in [-0.39, 0.29) is 0 Å². The summed E-state index contributed by atoms with van der Waals surface area (Å²) in [5.74, 6) is 5.96. The van der Waals surface area contributed by atoms with Gasteiger partial charge in [0.25, 0.3) is 0 Å². The smallest absolute Gasteiger partial charge is 0.209 e. The Labute approximate surface area is 132 Å². The minimum absolute atomic E-state index is 0.411. The van der Waals surface area contributed by atoms with Gasteiger partial charge in [-0.25, -0.2) is 10.8 Å². The lowest BCUT2D eigenvalue weighted by molar-refractivity contribution is -0.0373. The van der Waals surface area contributed by atoms with Crippen LogP contribution in [0.4, 0.5) is 5.69 Å². The number of aliphatic imine (C=N–C) groups is 1. The van der Waals surface area contributed by atoms with Crippen LogP contribution in [0.1, 0.15) is 16.7 Å². The Morgan fingerprint density at radius 3 is 2.62 bits per heavy atom. The van der Waals surface area contributed by atoms with Crippen LogP contribution in [0.15, 0.2) is 41.4 Å². The highest BCUT2D eigenvalue weighted by Gasteiger charge is 2.42. The predicted octanol–water partition coefficient (Wildman–Crippen LogP) is 3.34. The van der Waals surface area contributed by atoms with E-state index in [1.54, 1.807) is 36.4 Å². The molecular formula is C15H13Cl2N3O. The quantitative estimate of drug-likeness (QED) is 0.792. The van der Waals surface area contributed by atoms with Crippen LogP contribution in [0, 0.1) is 6.92 Å². The zero-order valence-electron chi connectivity index (χ0n) is 11.2. The number of fused-ring (bicyclic) bond motifs is 1. The number of hydrazine groups is 1. The van der Waals surface area contributed by atoms with Crippen LogP contribution in [-0.4, -0.2) is 16.5 Å². The molecule has 1 aliphatic rings. The molecule has 0 bridgehead atoms. The van der Waals surface area contributed by atoms with E-state index in [9.17, 15) is 5.11 Å². The van der Waals surface area contributed by atoms with E-state index >= 15 is 0 Å². The van der Waals surface area contributed by atoms with Crippen molar-refractivity contribution in [3.05, 3.63) is 63.1 Å². The van der Waals surface area contributed by atoms with E-state index in [1.807, 2.05) is 6.92 Å². The molecule has 0 aliphatic carbocycles. The van der Waals surface area contributed by atoms with Gasteiger partial charge in [0.15, 0.2) is 0 Å². The van der Waals surface area contributed by atoms with E-state index in [1.165, 1.54) is 6.34 Å². The van der Waals surface area contributed by atoms with Gasteiger partial charge in [-0.05, 0) is 30.7 Å². The topological polar surface area (TPSA) is 61.8 Å². The molecule has 3 rings (SSSR count). The Bertz CT molecular complexity index is 748. The third-order valence-electron chi connectivity index (χ3n) is 3.58. The number of nitrogens with zero attached hydrogens (tertiary/aromatic N) is 2. The standard InChI is InChI=1S/C15H13Cl2N3O/c1-9-6-10(16)7-12-14(9)19-8-20(18)15(12,21)11-4-2-3-5-13(11)17/h2-8,21H,18H2,1H3. The number of hydrogen-bond donors (Lipinski definition) is 2. The Kier molecular flexibility index (Phi) is 3.42. The molecule has 0 saturated carbocycles. The molecule has 6 heteroatoms. The fraction of sp³-hybridized carbons (Fsp3) is 0.133. The summed E-state index contributed by atoms with van der Waals surface area (Å²) in [5.41, 5.74) is 0.857. The Morgan fingerprint density at radius 2 is 1.90 bits per heavy atom. The number of aryl methyl sites for hydroxylation is 1. The van der Waals surface area contributed by atoms with Gasteiger partial charge in [0, 0.05) is 21.2 Å². The van der Waals surface area contributed by atoms with Crippen LogP contribution in [0.2, 0.25) is 10.0 Å². The lowest BCUT2D eigenvalue weighted by Crippen LogP contribution is -2.52. The number of nitrogens with two attached hydrogens (primary N) is 1.